The molecule has 96 valence electrons. The molecule has 0 atom stereocenters. The first-order valence-electron chi connectivity index (χ1n) is 6.12. The van der Waals surface area contributed by atoms with Crippen LogP contribution in [0, 0.1) is 13.8 Å². The molecule has 0 radical (unpaired) electrons. The molecule has 0 aromatic heterocycles. The highest BCUT2D eigenvalue weighted by Crippen LogP contribution is 2.06. The molecular weight excluding hydrogens is 236 g/mol. The van der Waals surface area contributed by atoms with Gasteiger partial charge in [0.25, 0.3) is 5.91 Å². The van der Waals surface area contributed by atoms with Crippen LogP contribution in [0.25, 0.3) is 0 Å². The lowest BCUT2D eigenvalue weighted by molar-refractivity contribution is 0.0954. The Balaban J connectivity index is 2.03. The lowest BCUT2D eigenvalue weighted by Gasteiger charge is -2.03. The Kier molecular flexibility index (Phi) is 4.08. The fraction of sp³-hybridized carbons (Fsp3) is 0.125. The van der Waals surface area contributed by atoms with Crippen molar-refractivity contribution < 1.29 is 4.79 Å². The van der Waals surface area contributed by atoms with Gasteiger partial charge in [0.1, 0.15) is 0 Å². The molecule has 3 heteroatoms. The number of hydrogen-bond donors (Lipinski definition) is 1. The maximum absolute atomic E-state index is 11.9. The number of amides is 1. The zero-order valence-electron chi connectivity index (χ0n) is 11.1. The molecule has 0 fully saturated rings. The van der Waals surface area contributed by atoms with E-state index in [1.807, 2.05) is 56.3 Å². The van der Waals surface area contributed by atoms with E-state index in [4.69, 9.17) is 0 Å². The van der Waals surface area contributed by atoms with Gasteiger partial charge < -0.3 is 0 Å². The topological polar surface area (TPSA) is 41.5 Å². The van der Waals surface area contributed by atoms with Crippen LogP contribution in [0.15, 0.2) is 53.6 Å². The van der Waals surface area contributed by atoms with E-state index in [9.17, 15) is 4.79 Å². The number of benzene rings is 2. The van der Waals surface area contributed by atoms with Gasteiger partial charge in [0.05, 0.1) is 6.21 Å². The van der Waals surface area contributed by atoms with Crippen molar-refractivity contribution in [1.29, 1.82) is 0 Å². The second-order valence-electron chi connectivity index (χ2n) is 4.43. The van der Waals surface area contributed by atoms with E-state index in [2.05, 4.69) is 10.5 Å². The molecule has 0 saturated heterocycles. The van der Waals surface area contributed by atoms with Crippen LogP contribution in [-0.4, -0.2) is 12.1 Å². The van der Waals surface area contributed by atoms with E-state index < -0.39 is 0 Å². The third kappa shape index (κ3) is 3.52. The number of rotatable bonds is 3. The molecule has 0 saturated carbocycles. The van der Waals surface area contributed by atoms with Gasteiger partial charge in [-0.3, -0.25) is 4.79 Å². The van der Waals surface area contributed by atoms with Gasteiger partial charge in [-0.25, -0.2) is 5.43 Å². The normalized spacial score (nSPS) is 10.6. The number of nitrogens with one attached hydrogen (secondary N) is 1. The van der Waals surface area contributed by atoms with E-state index in [1.165, 1.54) is 0 Å². The van der Waals surface area contributed by atoms with Gasteiger partial charge in [0.2, 0.25) is 0 Å². The van der Waals surface area contributed by atoms with Gasteiger partial charge >= 0.3 is 0 Å². The third-order valence-electron chi connectivity index (χ3n) is 2.81. The van der Waals surface area contributed by atoms with E-state index in [-0.39, 0.29) is 5.91 Å². The molecule has 0 spiro atoms. The van der Waals surface area contributed by atoms with Gasteiger partial charge in [-0.1, -0.05) is 48.0 Å². The number of carbonyl (C=O) groups is 1. The van der Waals surface area contributed by atoms with Crippen LogP contribution in [0.3, 0.4) is 0 Å². The summed E-state index contributed by atoms with van der Waals surface area (Å²) in [4.78, 5) is 11.9. The Morgan fingerprint density at radius 2 is 1.89 bits per heavy atom. The Labute approximate surface area is 113 Å². The van der Waals surface area contributed by atoms with Crippen molar-refractivity contribution >= 4 is 12.1 Å². The number of carbonyl (C=O) groups excluding carboxylic acids is 1. The number of aryl methyl sites for hydroxylation is 2. The standard InChI is InChI=1S/C16H16N2O/c1-12-6-5-8-14(10-12)11-17-18-16(19)15-9-4-3-7-13(15)2/h3-11H,1-2H3,(H,18,19). The largest absolute Gasteiger partial charge is 0.271 e. The van der Waals surface area contributed by atoms with Crippen molar-refractivity contribution in [1.82, 2.24) is 5.43 Å². The van der Waals surface area contributed by atoms with Gasteiger partial charge in [0.15, 0.2) is 0 Å². The summed E-state index contributed by atoms with van der Waals surface area (Å²) in [6.07, 6.45) is 1.64. The number of hydrogen-bond acceptors (Lipinski definition) is 2. The molecule has 0 aliphatic rings. The first-order chi connectivity index (χ1) is 9.16. The van der Waals surface area contributed by atoms with Gasteiger partial charge in [-0.2, -0.15) is 5.10 Å². The monoisotopic (exact) mass is 252 g/mol. The van der Waals surface area contributed by atoms with Crippen LogP contribution >= 0.6 is 0 Å². The fourth-order valence-corrected chi connectivity index (χ4v) is 1.80. The number of hydrazone groups is 1. The van der Waals surface area contributed by atoms with Crippen LogP contribution in [0.2, 0.25) is 0 Å². The first kappa shape index (κ1) is 13.0. The SMILES string of the molecule is Cc1cccc(C=NNC(=O)c2ccccc2C)c1. The van der Waals surface area contributed by atoms with Crippen molar-refractivity contribution in [3.63, 3.8) is 0 Å². The zero-order valence-corrected chi connectivity index (χ0v) is 11.1. The quantitative estimate of drug-likeness (QED) is 0.662. The molecule has 1 N–H and O–H groups in total. The average Bonchev–Trinajstić information content (AvgIpc) is 2.39. The highest BCUT2D eigenvalue weighted by atomic mass is 16.2. The van der Waals surface area contributed by atoms with Crippen LogP contribution < -0.4 is 5.43 Å². The number of nitrogens with zero attached hydrogens (tertiary/aromatic N) is 1. The van der Waals surface area contributed by atoms with Crippen LogP contribution in [0.1, 0.15) is 27.0 Å². The molecule has 2 rings (SSSR count). The zero-order chi connectivity index (χ0) is 13.7. The summed E-state index contributed by atoms with van der Waals surface area (Å²) in [6.45, 7) is 3.92. The smallest absolute Gasteiger partial charge is 0.267 e. The van der Waals surface area contributed by atoms with Crippen LogP contribution in [0.4, 0.5) is 0 Å². The second kappa shape index (κ2) is 5.96. The average molecular weight is 252 g/mol. The molecule has 0 aliphatic carbocycles. The summed E-state index contributed by atoms with van der Waals surface area (Å²) >= 11 is 0. The summed E-state index contributed by atoms with van der Waals surface area (Å²) in [5, 5.41) is 3.98. The highest BCUT2D eigenvalue weighted by molar-refractivity contribution is 5.96. The molecule has 0 bridgehead atoms. The Hall–Kier alpha value is -2.42. The Bertz CT molecular complexity index is 618. The van der Waals surface area contributed by atoms with Crippen molar-refractivity contribution in [2.24, 2.45) is 5.10 Å². The van der Waals surface area contributed by atoms with Crippen LogP contribution in [-0.2, 0) is 0 Å². The van der Waals surface area contributed by atoms with E-state index in [1.54, 1.807) is 12.3 Å². The minimum Gasteiger partial charge on any atom is -0.267 e. The lowest BCUT2D eigenvalue weighted by atomic mass is 10.1. The summed E-state index contributed by atoms with van der Waals surface area (Å²) in [5.74, 6) is -0.193. The van der Waals surface area contributed by atoms with E-state index in [0.29, 0.717) is 5.56 Å². The molecule has 19 heavy (non-hydrogen) atoms. The second-order valence-corrected chi connectivity index (χ2v) is 4.43. The lowest BCUT2D eigenvalue weighted by Crippen LogP contribution is -2.18. The molecule has 3 nitrogen and oxygen atoms in total. The van der Waals surface area contributed by atoms with Crippen molar-refractivity contribution in [3.8, 4) is 0 Å². The molecule has 0 aliphatic heterocycles. The van der Waals surface area contributed by atoms with Crippen molar-refractivity contribution in [2.45, 2.75) is 13.8 Å². The Morgan fingerprint density at radius 3 is 2.63 bits per heavy atom. The summed E-state index contributed by atoms with van der Waals surface area (Å²) in [7, 11) is 0. The predicted molar refractivity (Wildman–Crippen MR) is 77.4 cm³/mol. The first-order valence-corrected chi connectivity index (χ1v) is 6.12. The summed E-state index contributed by atoms with van der Waals surface area (Å²) < 4.78 is 0. The van der Waals surface area contributed by atoms with Gasteiger partial charge in [0, 0.05) is 5.56 Å². The molecule has 0 heterocycles. The molecule has 2 aromatic rings. The Morgan fingerprint density at radius 1 is 1.11 bits per heavy atom. The molecule has 1 amide bonds. The third-order valence-corrected chi connectivity index (χ3v) is 2.81. The summed E-state index contributed by atoms with van der Waals surface area (Å²) in [6, 6.07) is 15.4. The van der Waals surface area contributed by atoms with Gasteiger partial charge in [-0.15, -0.1) is 0 Å². The molecular formula is C16H16N2O. The van der Waals surface area contributed by atoms with Gasteiger partial charge in [-0.05, 0) is 31.0 Å². The minimum atomic E-state index is -0.193. The minimum absolute atomic E-state index is 0.193. The highest BCUT2D eigenvalue weighted by Gasteiger charge is 2.05. The predicted octanol–water partition coefficient (Wildman–Crippen LogP) is 3.07. The van der Waals surface area contributed by atoms with E-state index in [0.717, 1.165) is 16.7 Å². The van der Waals surface area contributed by atoms with Crippen molar-refractivity contribution in [3.05, 3.63) is 70.8 Å². The maximum Gasteiger partial charge on any atom is 0.271 e. The van der Waals surface area contributed by atoms with Crippen molar-refractivity contribution in [2.75, 3.05) is 0 Å². The molecule has 0 unspecified atom stereocenters. The van der Waals surface area contributed by atoms with Crippen LogP contribution in [0.5, 0.6) is 0 Å². The maximum atomic E-state index is 11.9. The van der Waals surface area contributed by atoms with E-state index >= 15 is 0 Å². The summed E-state index contributed by atoms with van der Waals surface area (Å²) in [5.41, 5.74) is 6.24. The fourth-order valence-electron chi connectivity index (χ4n) is 1.80. The molecule has 2 aromatic carbocycles.